The molecule has 1 amide bonds. The second-order valence-electron chi connectivity index (χ2n) is 7.57. The maximum Gasteiger partial charge on any atom is 0.417 e. The van der Waals surface area contributed by atoms with Gasteiger partial charge in [-0.25, -0.2) is 8.42 Å². The normalized spacial score (nSPS) is 16.8. The molecule has 1 aliphatic rings. The lowest BCUT2D eigenvalue weighted by Gasteiger charge is -2.34. The fourth-order valence-electron chi connectivity index (χ4n) is 3.64. The first kappa shape index (κ1) is 24.6. The average molecular weight is 487 g/mol. The van der Waals surface area contributed by atoms with Gasteiger partial charge in [0.2, 0.25) is 10.0 Å². The lowest BCUT2D eigenvalue weighted by molar-refractivity contribution is -0.917. The van der Waals surface area contributed by atoms with Gasteiger partial charge in [-0.2, -0.15) is 17.5 Å². The summed E-state index contributed by atoms with van der Waals surface area (Å²) in [6, 6.07) is 8.89. The van der Waals surface area contributed by atoms with Crippen molar-refractivity contribution in [3.8, 4) is 0 Å². The number of carbonyl (C=O) groups excluding carboxylic acids is 1. The molecule has 1 aliphatic heterocycles. The summed E-state index contributed by atoms with van der Waals surface area (Å²) in [6.45, 7) is 1.93. The highest BCUT2D eigenvalue weighted by Crippen LogP contribution is 2.35. The van der Waals surface area contributed by atoms with E-state index < -0.39 is 43.5 Å². The Morgan fingerprint density at radius 2 is 1.79 bits per heavy atom. The third kappa shape index (κ3) is 5.49. The summed E-state index contributed by atoms with van der Waals surface area (Å²) in [5.41, 5.74) is -1.14. The first-order valence-corrected chi connectivity index (χ1v) is 11.4. The van der Waals surface area contributed by atoms with Crippen LogP contribution in [0.4, 0.5) is 24.5 Å². The number of non-ortho nitro benzene ring substituents is 1. The summed E-state index contributed by atoms with van der Waals surface area (Å²) in [7, 11) is -4.37. The van der Waals surface area contributed by atoms with E-state index in [-0.39, 0.29) is 37.6 Å². The largest absolute Gasteiger partial charge is 0.417 e. The van der Waals surface area contributed by atoms with Crippen LogP contribution in [0.5, 0.6) is 0 Å². The molecule has 0 aliphatic carbocycles. The van der Waals surface area contributed by atoms with Gasteiger partial charge in [0.15, 0.2) is 6.04 Å². The quantitative estimate of drug-likeness (QED) is 0.474. The molecule has 1 saturated heterocycles. The van der Waals surface area contributed by atoms with E-state index in [4.69, 9.17) is 0 Å². The molecule has 0 unspecified atom stereocenters. The molecule has 2 aromatic rings. The van der Waals surface area contributed by atoms with Crippen LogP contribution in [0.2, 0.25) is 0 Å². The summed E-state index contributed by atoms with van der Waals surface area (Å²) >= 11 is 0. The van der Waals surface area contributed by atoms with Crippen LogP contribution in [-0.2, 0) is 21.0 Å². The third-order valence-corrected chi connectivity index (χ3v) is 7.46. The molecule has 2 N–H and O–H groups in total. The average Bonchev–Trinajstić information content (AvgIpc) is 2.78. The Hall–Kier alpha value is -3.03. The summed E-state index contributed by atoms with van der Waals surface area (Å²) in [6.07, 6.45) is -4.81. The molecule has 0 radical (unpaired) electrons. The zero-order valence-electron chi connectivity index (χ0n) is 17.5. The van der Waals surface area contributed by atoms with E-state index in [1.807, 2.05) is 0 Å². The van der Waals surface area contributed by atoms with Crippen molar-refractivity contribution in [3.05, 3.63) is 64.2 Å². The molecule has 1 heterocycles. The van der Waals surface area contributed by atoms with Gasteiger partial charge in [0.1, 0.15) is 0 Å². The van der Waals surface area contributed by atoms with Gasteiger partial charge >= 0.3 is 6.18 Å². The summed E-state index contributed by atoms with van der Waals surface area (Å²) in [5.74, 6) is -0.413. The second kappa shape index (κ2) is 9.45. The van der Waals surface area contributed by atoms with Crippen LogP contribution in [0.3, 0.4) is 0 Å². The van der Waals surface area contributed by atoms with Crippen LogP contribution in [0.15, 0.2) is 53.4 Å². The molecule has 3 rings (SSSR count). The van der Waals surface area contributed by atoms with Crippen molar-refractivity contribution in [2.75, 3.05) is 31.5 Å². The minimum atomic E-state index is -4.81. The van der Waals surface area contributed by atoms with Gasteiger partial charge in [0.25, 0.3) is 11.6 Å². The number of anilines is 1. The number of nitrogens with one attached hydrogen (secondary N) is 2. The number of alkyl halides is 3. The lowest BCUT2D eigenvalue weighted by Crippen LogP contribution is -3.19. The molecule has 9 nitrogen and oxygen atoms in total. The number of hydrogen-bond donors (Lipinski definition) is 2. The Kier molecular flexibility index (Phi) is 7.05. The van der Waals surface area contributed by atoms with Gasteiger partial charge in [-0.1, -0.05) is 18.2 Å². The number of hydrogen-bond acceptors (Lipinski definition) is 5. The zero-order chi connectivity index (χ0) is 24.4. The van der Waals surface area contributed by atoms with Crippen LogP contribution in [0, 0.1) is 10.1 Å². The maximum atomic E-state index is 13.3. The van der Waals surface area contributed by atoms with E-state index in [9.17, 15) is 36.5 Å². The van der Waals surface area contributed by atoms with E-state index in [2.05, 4.69) is 5.32 Å². The number of halogens is 3. The summed E-state index contributed by atoms with van der Waals surface area (Å²) in [4.78, 5) is 22.8. The Balaban J connectivity index is 1.66. The van der Waals surface area contributed by atoms with Gasteiger partial charge in [-0.3, -0.25) is 14.9 Å². The van der Waals surface area contributed by atoms with E-state index in [1.165, 1.54) is 30.3 Å². The fraction of sp³-hybridized carbons (Fsp3) is 0.350. The van der Waals surface area contributed by atoms with Crippen molar-refractivity contribution in [1.82, 2.24) is 4.31 Å². The van der Waals surface area contributed by atoms with Crippen molar-refractivity contribution in [2.24, 2.45) is 0 Å². The number of nitro benzene ring substituents is 1. The van der Waals surface area contributed by atoms with Crippen molar-refractivity contribution in [3.63, 3.8) is 0 Å². The van der Waals surface area contributed by atoms with Crippen molar-refractivity contribution in [1.29, 1.82) is 0 Å². The molecule has 178 valence electrons. The topological polar surface area (TPSA) is 114 Å². The van der Waals surface area contributed by atoms with Crippen molar-refractivity contribution < 1.29 is 36.2 Å². The second-order valence-corrected chi connectivity index (χ2v) is 9.48. The van der Waals surface area contributed by atoms with E-state index in [0.717, 1.165) is 27.4 Å². The molecule has 0 aromatic heterocycles. The van der Waals surface area contributed by atoms with Gasteiger partial charge < -0.3 is 10.2 Å². The molecular weight excluding hydrogens is 465 g/mol. The number of quaternary nitrogens is 1. The lowest BCUT2D eigenvalue weighted by atomic mass is 10.2. The Morgan fingerprint density at radius 1 is 1.15 bits per heavy atom. The molecule has 0 bridgehead atoms. The van der Waals surface area contributed by atoms with Gasteiger partial charge in [0, 0.05) is 17.8 Å². The summed E-state index contributed by atoms with van der Waals surface area (Å²) in [5, 5.41) is 13.5. The predicted molar refractivity (Wildman–Crippen MR) is 112 cm³/mol. The number of sulfonamides is 1. The minimum absolute atomic E-state index is 0.0573. The highest BCUT2D eigenvalue weighted by atomic mass is 32.2. The molecule has 1 fully saturated rings. The third-order valence-electron chi connectivity index (χ3n) is 5.51. The summed E-state index contributed by atoms with van der Waals surface area (Å²) < 4.78 is 66.6. The van der Waals surface area contributed by atoms with Crippen LogP contribution >= 0.6 is 0 Å². The van der Waals surface area contributed by atoms with E-state index >= 15 is 0 Å². The Morgan fingerprint density at radius 3 is 2.39 bits per heavy atom. The number of benzene rings is 2. The maximum absolute atomic E-state index is 13.3. The van der Waals surface area contributed by atoms with Crippen LogP contribution < -0.4 is 10.2 Å². The Bertz CT molecular complexity index is 1150. The molecule has 0 spiro atoms. The van der Waals surface area contributed by atoms with Gasteiger partial charge in [-0.05, 0) is 25.1 Å². The number of rotatable bonds is 6. The van der Waals surface area contributed by atoms with Crippen molar-refractivity contribution in [2.45, 2.75) is 24.0 Å². The van der Waals surface area contributed by atoms with Gasteiger partial charge in [0.05, 0.1) is 41.6 Å². The van der Waals surface area contributed by atoms with Crippen LogP contribution in [0.1, 0.15) is 12.5 Å². The van der Waals surface area contributed by atoms with Crippen LogP contribution in [0.25, 0.3) is 0 Å². The molecule has 1 atom stereocenters. The predicted octanol–water partition coefficient (Wildman–Crippen LogP) is 1.53. The number of nitrogens with zero attached hydrogens (tertiary/aromatic N) is 2. The Labute approximate surface area is 188 Å². The zero-order valence-corrected chi connectivity index (χ0v) is 18.3. The molecule has 0 saturated carbocycles. The van der Waals surface area contributed by atoms with E-state index in [0.29, 0.717) is 0 Å². The number of carbonyl (C=O) groups is 1. The monoisotopic (exact) mass is 487 g/mol. The van der Waals surface area contributed by atoms with Crippen molar-refractivity contribution >= 4 is 27.3 Å². The molecule has 2 aromatic carbocycles. The van der Waals surface area contributed by atoms with Gasteiger partial charge in [-0.15, -0.1) is 0 Å². The molecular formula is C20H22F3N4O5S+. The number of amides is 1. The standard InChI is InChI=1S/C20H21F3N4O5S/c1-14(19(28)24-15-5-4-6-16(13-15)27(29)30)25-9-11-26(12-10-25)33(31,32)18-8-3-2-7-17(18)20(21,22)23/h2-8,13-14H,9-12H2,1H3,(H,24,28)/p+1/t14-/m1/s1. The molecule has 33 heavy (non-hydrogen) atoms. The highest BCUT2D eigenvalue weighted by Gasteiger charge is 2.40. The SMILES string of the molecule is C[C@H](C(=O)Nc1cccc([N+](=O)[O-])c1)[NH+]1CCN(S(=O)(=O)c2ccccc2C(F)(F)F)CC1. The fourth-order valence-corrected chi connectivity index (χ4v) is 5.30. The molecule has 13 heteroatoms. The first-order valence-electron chi connectivity index (χ1n) is 9.97. The minimum Gasteiger partial charge on any atom is -0.323 e. The number of piperazine rings is 1. The number of nitro groups is 1. The van der Waals surface area contributed by atoms with E-state index in [1.54, 1.807) is 6.92 Å². The highest BCUT2D eigenvalue weighted by molar-refractivity contribution is 7.89. The first-order chi connectivity index (χ1) is 15.4. The smallest absolute Gasteiger partial charge is 0.323 e. The van der Waals surface area contributed by atoms with Crippen LogP contribution in [-0.4, -0.2) is 55.8 Å².